The average molecular weight is 384 g/mol. The topological polar surface area (TPSA) is 9.23 Å². The summed E-state index contributed by atoms with van der Waals surface area (Å²) >= 11 is 6.78. The molecule has 0 aromatic carbocycles. The van der Waals surface area contributed by atoms with Crippen LogP contribution in [0.15, 0.2) is 22.1 Å². The van der Waals surface area contributed by atoms with Gasteiger partial charge in [-0.25, -0.2) is 0 Å². The van der Waals surface area contributed by atoms with Crippen LogP contribution in [0.5, 0.6) is 0 Å². The lowest BCUT2D eigenvalue weighted by Gasteiger charge is -2.39. The smallest absolute Gasteiger partial charge is 0.192 e. The van der Waals surface area contributed by atoms with Gasteiger partial charge in [0, 0.05) is 5.92 Å². The third kappa shape index (κ3) is 5.86. The lowest BCUT2D eigenvalue weighted by atomic mass is 10.1. The van der Waals surface area contributed by atoms with Gasteiger partial charge in [-0.2, -0.15) is 0 Å². The van der Waals surface area contributed by atoms with E-state index in [0.717, 1.165) is 3.39 Å². The first-order valence-corrected chi connectivity index (χ1v) is 10.3. The van der Waals surface area contributed by atoms with Crippen molar-refractivity contribution in [2.24, 2.45) is 5.92 Å². The van der Waals surface area contributed by atoms with Crippen molar-refractivity contribution in [1.29, 1.82) is 0 Å². The molecule has 17 heavy (non-hydrogen) atoms. The molecule has 0 fully saturated rings. The molecule has 0 unspecified atom stereocenters. The first kappa shape index (κ1) is 17.6. The molecule has 0 heterocycles. The van der Waals surface area contributed by atoms with E-state index in [4.69, 9.17) is 4.43 Å². The summed E-state index contributed by atoms with van der Waals surface area (Å²) in [6, 6.07) is 0. The maximum absolute atomic E-state index is 6.35. The normalized spacial score (nSPS) is 16.2. The molecule has 2 atom stereocenters. The Hall–Kier alpha value is 0.617. The third-order valence-corrected chi connectivity index (χ3v) is 8.38. The Bertz CT molecular complexity index is 288. The van der Waals surface area contributed by atoms with Crippen molar-refractivity contribution < 1.29 is 4.43 Å². The molecule has 0 aliphatic heterocycles. The molecular formula is C13H24Br2OSi. The van der Waals surface area contributed by atoms with Gasteiger partial charge in [0.25, 0.3) is 0 Å². The minimum atomic E-state index is -1.73. The Balaban J connectivity index is 4.84. The number of hydrogen-bond donors (Lipinski definition) is 0. The van der Waals surface area contributed by atoms with Crippen molar-refractivity contribution in [2.75, 3.05) is 0 Å². The summed E-state index contributed by atoms with van der Waals surface area (Å²) < 4.78 is 7.31. The molecular weight excluding hydrogens is 360 g/mol. The van der Waals surface area contributed by atoms with Gasteiger partial charge in [-0.15, -0.1) is 6.58 Å². The highest BCUT2D eigenvalue weighted by molar-refractivity contribution is 9.28. The molecule has 0 saturated carbocycles. The van der Waals surface area contributed by atoms with Gasteiger partial charge in [-0.1, -0.05) is 39.8 Å². The summed E-state index contributed by atoms with van der Waals surface area (Å²) in [6.45, 7) is 17.3. The van der Waals surface area contributed by atoms with Crippen LogP contribution in [0.4, 0.5) is 0 Å². The first-order valence-electron chi connectivity index (χ1n) is 5.84. The van der Waals surface area contributed by atoms with Crippen molar-refractivity contribution >= 4 is 40.2 Å². The summed E-state index contributed by atoms with van der Waals surface area (Å²) in [6.07, 6.45) is 4.07. The highest BCUT2D eigenvalue weighted by Crippen LogP contribution is 2.38. The summed E-state index contributed by atoms with van der Waals surface area (Å²) in [7, 11) is -1.73. The molecule has 0 aromatic heterocycles. The molecule has 0 N–H and O–H groups in total. The van der Waals surface area contributed by atoms with Gasteiger partial charge in [0.15, 0.2) is 8.32 Å². The standard InChI is InChI=1S/C13H24Br2OSi/c1-8-11(10(2)9-12(14)15)16-17(6,7)13(3,4)5/h8-11H,1H2,2-7H3/t10-,11+/m1/s1. The maximum atomic E-state index is 6.35. The second-order valence-electron chi connectivity index (χ2n) is 5.89. The van der Waals surface area contributed by atoms with E-state index >= 15 is 0 Å². The zero-order chi connectivity index (χ0) is 13.9. The fraction of sp³-hybridized carbons (Fsp3) is 0.692. The van der Waals surface area contributed by atoms with Crippen LogP contribution in [0.1, 0.15) is 27.7 Å². The fourth-order valence-electron chi connectivity index (χ4n) is 1.18. The second-order valence-corrected chi connectivity index (χ2v) is 13.4. The molecule has 0 radical (unpaired) electrons. The molecule has 0 spiro atoms. The fourth-order valence-corrected chi connectivity index (χ4v) is 3.36. The van der Waals surface area contributed by atoms with Crippen molar-refractivity contribution in [3.05, 3.63) is 22.1 Å². The Morgan fingerprint density at radius 1 is 1.29 bits per heavy atom. The number of rotatable bonds is 5. The lowest BCUT2D eigenvalue weighted by Crippen LogP contribution is -2.44. The Morgan fingerprint density at radius 3 is 2.06 bits per heavy atom. The van der Waals surface area contributed by atoms with Gasteiger partial charge in [-0.3, -0.25) is 0 Å². The van der Waals surface area contributed by atoms with E-state index in [0.29, 0.717) is 5.92 Å². The Morgan fingerprint density at radius 2 is 1.76 bits per heavy atom. The van der Waals surface area contributed by atoms with Crippen molar-refractivity contribution in [2.45, 2.75) is 51.9 Å². The van der Waals surface area contributed by atoms with Gasteiger partial charge in [-0.05, 0) is 50.0 Å². The van der Waals surface area contributed by atoms with E-state index in [-0.39, 0.29) is 11.1 Å². The van der Waals surface area contributed by atoms with E-state index in [9.17, 15) is 0 Å². The van der Waals surface area contributed by atoms with Gasteiger partial charge in [0.1, 0.15) is 0 Å². The molecule has 0 saturated heterocycles. The van der Waals surface area contributed by atoms with Crippen LogP contribution in [0, 0.1) is 5.92 Å². The SMILES string of the molecule is C=C[C@H](O[Si](C)(C)C(C)(C)C)[C@H](C)C=C(Br)Br. The lowest BCUT2D eigenvalue weighted by molar-refractivity contribution is 0.190. The largest absolute Gasteiger partial charge is 0.410 e. The van der Waals surface area contributed by atoms with E-state index in [1.807, 2.05) is 6.08 Å². The third-order valence-electron chi connectivity index (χ3n) is 3.38. The molecule has 1 nitrogen and oxygen atoms in total. The van der Waals surface area contributed by atoms with Crippen molar-refractivity contribution in [1.82, 2.24) is 0 Å². The highest BCUT2D eigenvalue weighted by atomic mass is 79.9. The zero-order valence-corrected chi connectivity index (χ0v) is 15.9. The van der Waals surface area contributed by atoms with E-state index in [1.165, 1.54) is 0 Å². The average Bonchev–Trinajstić information content (AvgIpc) is 2.10. The monoisotopic (exact) mass is 382 g/mol. The van der Waals surface area contributed by atoms with Crippen LogP contribution in [-0.4, -0.2) is 14.4 Å². The summed E-state index contributed by atoms with van der Waals surface area (Å²) in [5.74, 6) is 0.301. The van der Waals surface area contributed by atoms with Crippen LogP contribution in [0.25, 0.3) is 0 Å². The summed E-state index contributed by atoms with van der Waals surface area (Å²) in [5.41, 5.74) is 0. The van der Waals surface area contributed by atoms with Crippen LogP contribution < -0.4 is 0 Å². The zero-order valence-electron chi connectivity index (χ0n) is 11.7. The highest BCUT2D eigenvalue weighted by Gasteiger charge is 2.39. The summed E-state index contributed by atoms with van der Waals surface area (Å²) in [4.78, 5) is 0. The molecule has 0 aliphatic rings. The Labute approximate surface area is 124 Å². The van der Waals surface area contributed by atoms with E-state index in [2.05, 4.69) is 85.3 Å². The minimum Gasteiger partial charge on any atom is -0.410 e. The van der Waals surface area contributed by atoms with Crippen LogP contribution in [-0.2, 0) is 4.43 Å². The van der Waals surface area contributed by atoms with Gasteiger partial charge < -0.3 is 4.43 Å². The molecule has 0 aliphatic carbocycles. The number of hydrogen-bond acceptors (Lipinski definition) is 1. The van der Waals surface area contributed by atoms with Crippen molar-refractivity contribution in [3.63, 3.8) is 0 Å². The van der Waals surface area contributed by atoms with Gasteiger partial charge in [0.05, 0.1) is 9.50 Å². The number of halogens is 2. The maximum Gasteiger partial charge on any atom is 0.192 e. The minimum absolute atomic E-state index is 0.0704. The second kappa shape index (κ2) is 6.69. The predicted molar refractivity (Wildman–Crippen MR) is 87.4 cm³/mol. The molecule has 4 heteroatoms. The van der Waals surface area contributed by atoms with Crippen LogP contribution in [0.2, 0.25) is 18.1 Å². The quantitative estimate of drug-likeness (QED) is 0.428. The molecule has 0 aromatic rings. The molecule has 0 bridgehead atoms. The van der Waals surface area contributed by atoms with E-state index < -0.39 is 8.32 Å². The Kier molecular flexibility index (Phi) is 6.93. The first-order chi connectivity index (χ1) is 7.51. The van der Waals surface area contributed by atoms with E-state index in [1.54, 1.807) is 0 Å². The molecule has 0 rings (SSSR count). The van der Waals surface area contributed by atoms with Crippen LogP contribution in [0.3, 0.4) is 0 Å². The van der Waals surface area contributed by atoms with Gasteiger partial charge >= 0.3 is 0 Å². The predicted octanol–water partition coefficient (Wildman–Crippen LogP) is 5.83. The molecule has 0 amide bonds. The van der Waals surface area contributed by atoms with Gasteiger partial charge in [0.2, 0.25) is 0 Å². The van der Waals surface area contributed by atoms with Crippen LogP contribution >= 0.6 is 31.9 Å². The van der Waals surface area contributed by atoms with Crippen molar-refractivity contribution in [3.8, 4) is 0 Å². The summed E-state index contributed by atoms with van der Waals surface area (Å²) in [5, 5.41) is 0.226. The molecule has 100 valence electrons.